The summed E-state index contributed by atoms with van der Waals surface area (Å²) in [5.41, 5.74) is 8.80. The van der Waals surface area contributed by atoms with Crippen molar-refractivity contribution in [2.45, 2.75) is 20.4 Å². The Bertz CT molecular complexity index is 1010. The molecule has 0 spiro atoms. The lowest BCUT2D eigenvalue weighted by Gasteiger charge is -2.18. The van der Waals surface area contributed by atoms with Gasteiger partial charge in [-0.3, -0.25) is 9.69 Å². The van der Waals surface area contributed by atoms with E-state index in [1.54, 1.807) is 12.1 Å². The van der Waals surface area contributed by atoms with Gasteiger partial charge in [0.05, 0.1) is 11.9 Å². The minimum atomic E-state index is -0.610. The predicted molar refractivity (Wildman–Crippen MR) is 102 cm³/mol. The van der Waals surface area contributed by atoms with Crippen LogP contribution in [0.4, 0.5) is 10.2 Å². The fourth-order valence-corrected chi connectivity index (χ4v) is 2.58. The maximum Gasteiger partial charge on any atom is 0.293 e. The highest BCUT2D eigenvalue weighted by molar-refractivity contribution is 5.94. The molecule has 1 aromatic carbocycles. The summed E-state index contributed by atoms with van der Waals surface area (Å²) in [4.78, 5) is 14.7. The lowest BCUT2D eigenvalue weighted by Crippen LogP contribution is -2.27. The number of nitrogens with zero attached hydrogens (tertiary/aromatic N) is 7. The van der Waals surface area contributed by atoms with Crippen molar-refractivity contribution in [2.75, 3.05) is 18.8 Å². The van der Waals surface area contributed by atoms with Crippen molar-refractivity contribution < 1.29 is 13.8 Å². The zero-order valence-corrected chi connectivity index (χ0v) is 15.9. The van der Waals surface area contributed by atoms with Crippen LogP contribution in [0.1, 0.15) is 35.6 Å². The van der Waals surface area contributed by atoms with Gasteiger partial charge in [-0.05, 0) is 29.5 Å². The number of aromatic nitrogens is 5. The molecule has 0 aliphatic heterocycles. The number of anilines is 1. The molecule has 0 aliphatic rings. The van der Waals surface area contributed by atoms with E-state index in [0.717, 1.165) is 13.1 Å². The van der Waals surface area contributed by atoms with E-state index in [9.17, 15) is 9.18 Å². The number of hydrogen-bond donors (Lipinski definition) is 2. The molecule has 1 amide bonds. The van der Waals surface area contributed by atoms with Crippen molar-refractivity contribution in [3.05, 3.63) is 47.0 Å². The third-order valence-corrected chi connectivity index (χ3v) is 4.22. The lowest BCUT2D eigenvalue weighted by molar-refractivity contribution is 0.0948. The minimum absolute atomic E-state index is 0.0141. The number of nitrogen functional groups attached to an aromatic ring is 1. The third kappa shape index (κ3) is 4.43. The monoisotopic (exact) mass is 401 g/mol. The first-order valence-corrected chi connectivity index (χ1v) is 8.88. The van der Waals surface area contributed by atoms with E-state index < -0.39 is 11.7 Å². The van der Waals surface area contributed by atoms with Gasteiger partial charge in [-0.25, -0.2) is 14.4 Å². The predicted octanol–water partition coefficient (Wildman–Crippen LogP) is 0.977. The molecule has 11 nitrogen and oxygen atoms in total. The average molecular weight is 401 g/mol. The molecule has 3 N–H and O–H groups in total. The summed E-state index contributed by atoms with van der Waals surface area (Å²) in [6, 6.07) is 6.06. The summed E-state index contributed by atoms with van der Waals surface area (Å²) in [5.74, 6) is -0.914. The number of hydrazone groups is 1. The van der Waals surface area contributed by atoms with Gasteiger partial charge in [0.15, 0.2) is 5.69 Å². The van der Waals surface area contributed by atoms with Crippen LogP contribution >= 0.6 is 0 Å². The zero-order valence-electron chi connectivity index (χ0n) is 15.9. The van der Waals surface area contributed by atoms with Crippen LogP contribution in [-0.2, 0) is 6.54 Å². The molecule has 3 aromatic rings. The SMILES string of the molecule is CCN(CC)Cc1c(C(=O)N/N=C\c2ccccc2F)nnn1-c1nonc1N. The largest absolute Gasteiger partial charge is 0.378 e. The number of rotatable bonds is 8. The van der Waals surface area contributed by atoms with Crippen molar-refractivity contribution in [3.8, 4) is 5.82 Å². The second kappa shape index (κ2) is 9.01. The first-order chi connectivity index (χ1) is 14.0. The van der Waals surface area contributed by atoms with Gasteiger partial charge < -0.3 is 5.73 Å². The van der Waals surface area contributed by atoms with Gasteiger partial charge in [0.25, 0.3) is 5.91 Å². The van der Waals surface area contributed by atoms with Crippen LogP contribution in [0.5, 0.6) is 0 Å². The zero-order chi connectivity index (χ0) is 20.8. The molecule has 0 fully saturated rings. The standard InChI is InChI=1S/C17H20FN9O2/c1-3-26(4-2)10-13-14(21-25-27(13)16-15(19)23-29-24-16)17(28)22-20-9-11-7-5-6-8-12(11)18/h5-9H,3-4,10H2,1-2H3,(H2,19,23)(H,22,28)/b20-9-. The highest BCUT2D eigenvalue weighted by atomic mass is 19.1. The van der Waals surface area contributed by atoms with Gasteiger partial charge >= 0.3 is 0 Å². The van der Waals surface area contributed by atoms with Crippen molar-refractivity contribution >= 4 is 17.9 Å². The third-order valence-electron chi connectivity index (χ3n) is 4.22. The molecule has 0 radical (unpaired) electrons. The van der Waals surface area contributed by atoms with Crippen molar-refractivity contribution in [1.29, 1.82) is 0 Å². The Hall–Kier alpha value is -3.67. The van der Waals surface area contributed by atoms with Gasteiger partial charge in [0, 0.05) is 12.1 Å². The topological polar surface area (TPSA) is 140 Å². The first-order valence-electron chi connectivity index (χ1n) is 8.88. The first kappa shape index (κ1) is 20.1. The molecule has 0 saturated carbocycles. The molecule has 0 saturated heterocycles. The molecule has 0 aliphatic carbocycles. The van der Waals surface area contributed by atoms with Crippen LogP contribution < -0.4 is 11.2 Å². The summed E-state index contributed by atoms with van der Waals surface area (Å²) in [6.07, 6.45) is 1.21. The number of carbonyl (C=O) groups excluding carboxylic acids is 1. The lowest BCUT2D eigenvalue weighted by atomic mass is 10.2. The number of nitrogens with one attached hydrogen (secondary N) is 1. The van der Waals surface area contributed by atoms with Gasteiger partial charge in [0.2, 0.25) is 11.6 Å². The summed E-state index contributed by atoms with van der Waals surface area (Å²) >= 11 is 0. The van der Waals surface area contributed by atoms with E-state index in [1.807, 2.05) is 13.8 Å². The Balaban J connectivity index is 1.87. The molecule has 152 valence electrons. The summed E-state index contributed by atoms with van der Waals surface area (Å²) in [6.45, 7) is 5.80. The Morgan fingerprint density at radius 1 is 1.34 bits per heavy atom. The molecule has 2 heterocycles. The number of amides is 1. The molecule has 0 bridgehead atoms. The van der Waals surface area contributed by atoms with Crippen molar-refractivity contribution in [3.63, 3.8) is 0 Å². The fourth-order valence-electron chi connectivity index (χ4n) is 2.58. The van der Waals surface area contributed by atoms with Crippen molar-refractivity contribution in [2.24, 2.45) is 5.10 Å². The summed E-state index contributed by atoms with van der Waals surface area (Å²) in [5, 5.41) is 19.0. The molecule has 2 aromatic heterocycles. The second-order valence-electron chi connectivity index (χ2n) is 5.95. The molecule has 0 unspecified atom stereocenters. The highest BCUT2D eigenvalue weighted by Crippen LogP contribution is 2.17. The fraction of sp³-hybridized carbons (Fsp3) is 0.294. The molecule has 0 atom stereocenters. The molecular formula is C17H20FN9O2. The quantitative estimate of drug-likeness (QED) is 0.420. The summed E-state index contributed by atoms with van der Waals surface area (Å²) in [7, 11) is 0. The van der Waals surface area contributed by atoms with E-state index in [1.165, 1.54) is 23.0 Å². The van der Waals surface area contributed by atoms with Gasteiger partial charge in [0.1, 0.15) is 5.82 Å². The average Bonchev–Trinajstić information content (AvgIpc) is 3.33. The van der Waals surface area contributed by atoms with Crippen LogP contribution in [0, 0.1) is 5.82 Å². The van der Waals surface area contributed by atoms with Crippen LogP contribution in [-0.4, -0.2) is 55.4 Å². The van der Waals surface area contributed by atoms with E-state index >= 15 is 0 Å². The molecular weight excluding hydrogens is 381 g/mol. The summed E-state index contributed by atoms with van der Waals surface area (Å²) < 4.78 is 19.6. The van der Waals surface area contributed by atoms with E-state index in [0.29, 0.717) is 12.2 Å². The highest BCUT2D eigenvalue weighted by Gasteiger charge is 2.24. The van der Waals surface area contributed by atoms with Crippen LogP contribution in [0.25, 0.3) is 5.82 Å². The number of benzene rings is 1. The molecule has 12 heteroatoms. The van der Waals surface area contributed by atoms with Crippen molar-refractivity contribution in [1.82, 2.24) is 35.6 Å². The molecule has 3 rings (SSSR count). The van der Waals surface area contributed by atoms with Crippen LogP contribution in [0.15, 0.2) is 34.0 Å². The van der Waals surface area contributed by atoms with Gasteiger partial charge in [-0.1, -0.05) is 37.3 Å². The maximum atomic E-state index is 13.7. The van der Waals surface area contributed by atoms with Crippen LogP contribution in [0.3, 0.4) is 0 Å². The number of nitrogens with two attached hydrogens (primary N) is 1. The van der Waals surface area contributed by atoms with E-state index in [2.05, 4.69) is 40.7 Å². The Kier molecular flexibility index (Phi) is 6.24. The molecule has 29 heavy (non-hydrogen) atoms. The van der Waals surface area contributed by atoms with Crippen LogP contribution in [0.2, 0.25) is 0 Å². The smallest absolute Gasteiger partial charge is 0.293 e. The normalized spacial score (nSPS) is 11.4. The van der Waals surface area contributed by atoms with Gasteiger partial charge in [-0.15, -0.1) is 5.10 Å². The van der Waals surface area contributed by atoms with Gasteiger partial charge in [-0.2, -0.15) is 9.78 Å². The number of halogens is 1. The van der Waals surface area contributed by atoms with E-state index in [4.69, 9.17) is 5.73 Å². The Morgan fingerprint density at radius 2 is 2.10 bits per heavy atom. The number of hydrogen-bond acceptors (Lipinski definition) is 9. The van der Waals surface area contributed by atoms with E-state index in [-0.39, 0.29) is 22.9 Å². The Morgan fingerprint density at radius 3 is 2.76 bits per heavy atom. The second-order valence-corrected chi connectivity index (χ2v) is 5.95. The number of carbonyl (C=O) groups is 1. The Labute approximate surface area is 165 Å². The maximum absolute atomic E-state index is 13.7. The minimum Gasteiger partial charge on any atom is -0.378 e.